The molecule has 1 unspecified atom stereocenters. The minimum Gasteiger partial charge on any atom is -0.459 e. The molecule has 0 spiro atoms. The monoisotopic (exact) mass is 239 g/mol. The highest BCUT2D eigenvalue weighted by molar-refractivity contribution is 9.10. The fourth-order valence-corrected chi connectivity index (χ4v) is 1.73. The van der Waals surface area contributed by atoms with E-state index in [1.165, 1.54) is 0 Å². The normalized spacial score (nSPS) is 13.5. The molecular weight excluding hydrogens is 230 g/mol. The molecule has 1 heterocycles. The summed E-state index contributed by atoms with van der Waals surface area (Å²) >= 11 is 3.46. The average Bonchev–Trinajstić information content (AvgIpc) is 2.49. The summed E-state index contributed by atoms with van der Waals surface area (Å²) in [6, 6.07) is 7.79. The molecule has 0 radical (unpaired) electrons. The van der Waals surface area contributed by atoms with E-state index in [0.717, 1.165) is 21.2 Å². The highest BCUT2D eigenvalue weighted by atomic mass is 79.9. The van der Waals surface area contributed by atoms with E-state index in [0.29, 0.717) is 0 Å². The Balaban J connectivity index is 2.68. The Morgan fingerprint density at radius 2 is 2.23 bits per heavy atom. The van der Waals surface area contributed by atoms with Gasteiger partial charge >= 0.3 is 0 Å². The highest BCUT2D eigenvalue weighted by Crippen LogP contribution is 2.28. The summed E-state index contributed by atoms with van der Waals surface area (Å²) in [5.41, 5.74) is 6.60. The zero-order valence-electron chi connectivity index (χ0n) is 7.25. The fraction of sp³-hybridized carbons (Fsp3) is 0.200. The molecule has 3 heteroatoms. The van der Waals surface area contributed by atoms with Gasteiger partial charge in [0.1, 0.15) is 11.3 Å². The summed E-state index contributed by atoms with van der Waals surface area (Å²) in [5.74, 6) is 0.821. The fourth-order valence-electron chi connectivity index (χ4n) is 1.27. The Hall–Kier alpha value is -0.800. The van der Waals surface area contributed by atoms with Crippen LogP contribution >= 0.6 is 15.9 Å². The first-order chi connectivity index (χ1) is 6.18. The molecule has 68 valence electrons. The minimum atomic E-state index is -0.0562. The first-order valence-corrected chi connectivity index (χ1v) is 4.91. The molecule has 2 nitrogen and oxygen atoms in total. The van der Waals surface area contributed by atoms with Gasteiger partial charge in [-0.25, -0.2) is 0 Å². The predicted molar refractivity (Wildman–Crippen MR) is 56.5 cm³/mol. The van der Waals surface area contributed by atoms with Gasteiger partial charge in [0.2, 0.25) is 0 Å². The zero-order chi connectivity index (χ0) is 9.42. The second-order valence-electron chi connectivity index (χ2n) is 3.09. The molecule has 0 amide bonds. The smallest absolute Gasteiger partial charge is 0.135 e. The molecular formula is C10H10BrNO. The van der Waals surface area contributed by atoms with Gasteiger partial charge in [-0.1, -0.05) is 22.0 Å². The number of nitrogens with two attached hydrogens (primary N) is 1. The van der Waals surface area contributed by atoms with E-state index in [9.17, 15) is 0 Å². The number of hydrogen-bond donors (Lipinski definition) is 1. The lowest BCUT2D eigenvalue weighted by molar-refractivity contribution is 0.513. The Kier molecular flexibility index (Phi) is 2.14. The Morgan fingerprint density at radius 1 is 1.46 bits per heavy atom. The third-order valence-corrected chi connectivity index (χ3v) is 2.67. The van der Waals surface area contributed by atoms with Crippen LogP contribution < -0.4 is 5.73 Å². The lowest BCUT2D eigenvalue weighted by Gasteiger charge is -1.96. The van der Waals surface area contributed by atoms with E-state index in [-0.39, 0.29) is 6.04 Å². The van der Waals surface area contributed by atoms with Gasteiger partial charge in [-0.15, -0.1) is 0 Å². The van der Waals surface area contributed by atoms with Crippen molar-refractivity contribution in [2.75, 3.05) is 0 Å². The standard InChI is InChI=1S/C10H10BrNO/c1-6(12)10-5-7-8(11)3-2-4-9(7)13-10/h2-6H,12H2,1H3. The van der Waals surface area contributed by atoms with Gasteiger partial charge < -0.3 is 10.2 Å². The molecule has 0 saturated carbocycles. The van der Waals surface area contributed by atoms with Crippen LogP contribution in [-0.4, -0.2) is 0 Å². The number of hydrogen-bond acceptors (Lipinski definition) is 2. The van der Waals surface area contributed by atoms with Gasteiger partial charge in [0, 0.05) is 9.86 Å². The van der Waals surface area contributed by atoms with E-state index in [4.69, 9.17) is 10.2 Å². The van der Waals surface area contributed by atoms with Crippen molar-refractivity contribution in [1.29, 1.82) is 0 Å². The zero-order valence-corrected chi connectivity index (χ0v) is 8.84. The number of benzene rings is 1. The van der Waals surface area contributed by atoms with Crippen molar-refractivity contribution in [2.45, 2.75) is 13.0 Å². The average molecular weight is 240 g/mol. The number of halogens is 1. The lowest BCUT2D eigenvalue weighted by Crippen LogP contribution is -2.02. The molecule has 0 fully saturated rings. The molecule has 0 aliphatic carbocycles. The van der Waals surface area contributed by atoms with Crippen molar-refractivity contribution in [2.24, 2.45) is 5.73 Å². The van der Waals surface area contributed by atoms with E-state index >= 15 is 0 Å². The van der Waals surface area contributed by atoms with Gasteiger partial charge in [0.05, 0.1) is 6.04 Å². The molecule has 2 rings (SSSR count). The van der Waals surface area contributed by atoms with Gasteiger partial charge in [0.15, 0.2) is 0 Å². The third kappa shape index (κ3) is 1.49. The van der Waals surface area contributed by atoms with Crippen molar-refractivity contribution in [1.82, 2.24) is 0 Å². The number of fused-ring (bicyclic) bond motifs is 1. The second kappa shape index (κ2) is 3.16. The van der Waals surface area contributed by atoms with E-state index in [1.807, 2.05) is 31.2 Å². The van der Waals surface area contributed by atoms with Gasteiger partial charge in [0.25, 0.3) is 0 Å². The molecule has 0 bridgehead atoms. The summed E-state index contributed by atoms with van der Waals surface area (Å²) < 4.78 is 6.60. The van der Waals surface area contributed by atoms with Crippen LogP contribution in [0, 0.1) is 0 Å². The summed E-state index contributed by atoms with van der Waals surface area (Å²) in [6.45, 7) is 1.91. The summed E-state index contributed by atoms with van der Waals surface area (Å²) in [4.78, 5) is 0. The van der Waals surface area contributed by atoms with Crippen molar-refractivity contribution >= 4 is 26.9 Å². The van der Waals surface area contributed by atoms with Crippen LogP contribution in [0.1, 0.15) is 18.7 Å². The molecule has 0 saturated heterocycles. The van der Waals surface area contributed by atoms with Gasteiger partial charge in [-0.3, -0.25) is 0 Å². The van der Waals surface area contributed by atoms with Crippen LogP contribution in [0.15, 0.2) is 33.2 Å². The lowest BCUT2D eigenvalue weighted by atomic mass is 10.2. The first kappa shape index (κ1) is 8.78. The quantitative estimate of drug-likeness (QED) is 0.831. The van der Waals surface area contributed by atoms with Crippen molar-refractivity contribution in [3.63, 3.8) is 0 Å². The number of furan rings is 1. The summed E-state index contributed by atoms with van der Waals surface area (Å²) in [5, 5.41) is 1.08. The second-order valence-corrected chi connectivity index (χ2v) is 3.94. The highest BCUT2D eigenvalue weighted by Gasteiger charge is 2.08. The van der Waals surface area contributed by atoms with Crippen molar-refractivity contribution in [3.8, 4) is 0 Å². The maximum Gasteiger partial charge on any atom is 0.135 e. The number of rotatable bonds is 1. The maximum absolute atomic E-state index is 5.72. The topological polar surface area (TPSA) is 39.2 Å². The van der Waals surface area contributed by atoms with E-state index in [1.54, 1.807) is 0 Å². The SMILES string of the molecule is CC(N)c1cc2c(Br)cccc2o1. The molecule has 1 aromatic carbocycles. The van der Waals surface area contributed by atoms with E-state index < -0.39 is 0 Å². The molecule has 0 aliphatic heterocycles. The first-order valence-electron chi connectivity index (χ1n) is 4.12. The van der Waals surface area contributed by atoms with Gasteiger partial charge in [-0.05, 0) is 25.1 Å². The molecule has 2 aromatic rings. The maximum atomic E-state index is 5.72. The van der Waals surface area contributed by atoms with E-state index in [2.05, 4.69) is 15.9 Å². The van der Waals surface area contributed by atoms with Crippen LogP contribution in [-0.2, 0) is 0 Å². The molecule has 1 atom stereocenters. The summed E-state index contributed by atoms with van der Waals surface area (Å²) in [7, 11) is 0. The minimum absolute atomic E-state index is 0.0562. The molecule has 0 aliphatic rings. The van der Waals surface area contributed by atoms with Gasteiger partial charge in [-0.2, -0.15) is 0 Å². The van der Waals surface area contributed by atoms with Crippen LogP contribution in [0.5, 0.6) is 0 Å². The summed E-state index contributed by atoms with van der Waals surface area (Å²) in [6.07, 6.45) is 0. The van der Waals surface area contributed by atoms with Crippen LogP contribution in [0.25, 0.3) is 11.0 Å². The Labute approximate surface area is 84.8 Å². The van der Waals surface area contributed by atoms with Crippen molar-refractivity contribution in [3.05, 3.63) is 34.5 Å². The molecule has 1 aromatic heterocycles. The van der Waals surface area contributed by atoms with Crippen LogP contribution in [0.3, 0.4) is 0 Å². The third-order valence-electron chi connectivity index (χ3n) is 1.98. The van der Waals surface area contributed by atoms with Crippen LogP contribution in [0.4, 0.5) is 0 Å². The predicted octanol–water partition coefficient (Wildman–Crippen LogP) is 3.22. The molecule has 2 N–H and O–H groups in total. The largest absolute Gasteiger partial charge is 0.459 e. The Bertz CT molecular complexity index is 433. The van der Waals surface area contributed by atoms with Crippen LogP contribution in [0.2, 0.25) is 0 Å². The molecule has 13 heavy (non-hydrogen) atoms. The van der Waals surface area contributed by atoms with Crippen molar-refractivity contribution < 1.29 is 4.42 Å². The Morgan fingerprint density at radius 3 is 2.85 bits per heavy atom.